The molecule has 6 heteroatoms. The number of ether oxygens (including phenoxy) is 1. The highest BCUT2D eigenvalue weighted by atomic mass is 16.5. The molecule has 5 atom stereocenters. The molecule has 4 aliphatic rings. The Morgan fingerprint density at radius 1 is 1.27 bits per heavy atom. The number of carbonyl (C=O) groups excluding carboxylic acids is 1. The van der Waals surface area contributed by atoms with Crippen LogP contribution in [0.15, 0.2) is 6.07 Å². The first kappa shape index (κ1) is 19.9. The molecule has 4 N–H and O–H groups in total. The Labute approximate surface area is 177 Å². The smallest absolute Gasteiger partial charge is 0.336 e. The lowest BCUT2D eigenvalue weighted by atomic mass is 9.43. The fourth-order valence-corrected chi connectivity index (χ4v) is 7.49. The van der Waals surface area contributed by atoms with E-state index in [0.29, 0.717) is 23.9 Å². The van der Waals surface area contributed by atoms with Crippen LogP contribution < -0.4 is 15.8 Å². The third kappa shape index (κ3) is 2.34. The van der Waals surface area contributed by atoms with Gasteiger partial charge in [0.25, 0.3) is 5.91 Å². The number of hydrogen-bond donors (Lipinski definition) is 3. The summed E-state index contributed by atoms with van der Waals surface area (Å²) in [6.45, 7) is 9.57. The summed E-state index contributed by atoms with van der Waals surface area (Å²) in [5, 5.41) is 12.6. The third-order valence-electron chi connectivity index (χ3n) is 8.98. The molecule has 2 saturated carbocycles. The van der Waals surface area contributed by atoms with Crippen molar-refractivity contribution in [2.45, 2.75) is 78.0 Å². The zero-order valence-corrected chi connectivity index (χ0v) is 18.3. The SMILES string of the molecule is C[C@H]1CC[C@H]2C(C)(C)CC(N)C[C@]23Oc2c(cc(C(=O)O)c4c2CNC4=O)C[C@]13C. The van der Waals surface area contributed by atoms with E-state index in [0.717, 1.165) is 43.4 Å². The third-order valence-corrected chi connectivity index (χ3v) is 8.98. The molecule has 1 spiro atoms. The van der Waals surface area contributed by atoms with E-state index in [9.17, 15) is 14.7 Å². The minimum absolute atomic E-state index is 0.0634. The number of rotatable bonds is 1. The van der Waals surface area contributed by atoms with Gasteiger partial charge in [0.2, 0.25) is 0 Å². The second-order valence-corrected chi connectivity index (χ2v) is 11.0. The average Bonchev–Trinajstić information content (AvgIpc) is 3.01. The summed E-state index contributed by atoms with van der Waals surface area (Å²) in [6.07, 6.45) is 4.79. The first-order chi connectivity index (χ1) is 14.0. The van der Waals surface area contributed by atoms with Crippen LogP contribution in [-0.2, 0) is 13.0 Å². The minimum Gasteiger partial charge on any atom is -0.486 e. The first-order valence-electron chi connectivity index (χ1n) is 11.1. The summed E-state index contributed by atoms with van der Waals surface area (Å²) in [7, 11) is 0. The van der Waals surface area contributed by atoms with Gasteiger partial charge in [-0.05, 0) is 48.6 Å². The van der Waals surface area contributed by atoms with E-state index < -0.39 is 11.6 Å². The van der Waals surface area contributed by atoms with Crippen molar-refractivity contribution < 1.29 is 19.4 Å². The molecule has 2 aliphatic heterocycles. The van der Waals surface area contributed by atoms with E-state index in [4.69, 9.17) is 10.5 Å². The Morgan fingerprint density at radius 3 is 2.70 bits per heavy atom. The van der Waals surface area contributed by atoms with E-state index in [-0.39, 0.29) is 33.9 Å². The predicted octanol–water partition coefficient (Wildman–Crippen LogP) is 3.50. The first-order valence-corrected chi connectivity index (χ1v) is 11.1. The quantitative estimate of drug-likeness (QED) is 0.655. The maximum absolute atomic E-state index is 12.5. The topological polar surface area (TPSA) is 102 Å². The van der Waals surface area contributed by atoms with E-state index in [1.807, 2.05) is 0 Å². The number of carbonyl (C=O) groups is 2. The highest BCUT2D eigenvalue weighted by molar-refractivity contribution is 6.08. The van der Waals surface area contributed by atoms with Crippen LogP contribution in [0.3, 0.4) is 0 Å². The fourth-order valence-electron chi connectivity index (χ4n) is 7.49. The van der Waals surface area contributed by atoms with Crippen molar-refractivity contribution >= 4 is 11.9 Å². The summed E-state index contributed by atoms with van der Waals surface area (Å²) in [5.74, 6) is 0.152. The normalized spacial score (nSPS) is 38.4. The molecular formula is C24H32N2O4. The molecule has 1 amide bonds. The van der Waals surface area contributed by atoms with Crippen LogP contribution in [0.25, 0.3) is 0 Å². The molecule has 0 radical (unpaired) electrons. The largest absolute Gasteiger partial charge is 0.486 e. The maximum Gasteiger partial charge on any atom is 0.336 e. The molecule has 5 rings (SSSR count). The molecule has 162 valence electrons. The zero-order chi connectivity index (χ0) is 21.6. The Kier molecular flexibility index (Phi) is 3.97. The van der Waals surface area contributed by atoms with Crippen LogP contribution in [0.5, 0.6) is 5.75 Å². The van der Waals surface area contributed by atoms with Crippen LogP contribution in [0.1, 0.15) is 85.2 Å². The fraction of sp³-hybridized carbons (Fsp3) is 0.667. The van der Waals surface area contributed by atoms with Crippen molar-refractivity contribution in [3.63, 3.8) is 0 Å². The van der Waals surface area contributed by atoms with Crippen molar-refractivity contribution in [2.75, 3.05) is 0 Å². The van der Waals surface area contributed by atoms with Crippen molar-refractivity contribution in [3.05, 3.63) is 28.3 Å². The number of amides is 1. The molecule has 1 aromatic carbocycles. The van der Waals surface area contributed by atoms with Crippen molar-refractivity contribution in [1.82, 2.24) is 5.32 Å². The van der Waals surface area contributed by atoms with Gasteiger partial charge < -0.3 is 20.9 Å². The van der Waals surface area contributed by atoms with Crippen LogP contribution in [-0.4, -0.2) is 28.6 Å². The van der Waals surface area contributed by atoms with Gasteiger partial charge in [0.15, 0.2) is 0 Å². The molecule has 1 aromatic rings. The second-order valence-electron chi connectivity index (χ2n) is 11.0. The molecule has 2 aliphatic carbocycles. The number of nitrogens with one attached hydrogen (secondary N) is 1. The van der Waals surface area contributed by atoms with Crippen LogP contribution >= 0.6 is 0 Å². The highest BCUT2D eigenvalue weighted by Crippen LogP contribution is 2.66. The molecule has 2 heterocycles. The van der Waals surface area contributed by atoms with Gasteiger partial charge in [-0.15, -0.1) is 0 Å². The van der Waals surface area contributed by atoms with E-state index >= 15 is 0 Å². The molecule has 30 heavy (non-hydrogen) atoms. The number of hydrogen-bond acceptors (Lipinski definition) is 4. The Bertz CT molecular complexity index is 970. The van der Waals surface area contributed by atoms with Gasteiger partial charge in [-0.3, -0.25) is 4.79 Å². The standard InChI is InChI=1S/C24H32N2O4/c1-12-5-6-17-22(2,3)9-14(25)10-24(17)23(12,4)8-13-7-15(21(28)29)18-16(19(13)30-24)11-26-20(18)27/h7,12,14,17H,5-6,8-11,25H2,1-4H3,(H,26,27)(H,28,29)/t12-,14?,17-,23+,24-/m0/s1. The van der Waals surface area contributed by atoms with E-state index in [2.05, 4.69) is 33.0 Å². The summed E-state index contributed by atoms with van der Waals surface area (Å²) >= 11 is 0. The van der Waals surface area contributed by atoms with Crippen LogP contribution in [0, 0.1) is 22.7 Å². The van der Waals surface area contributed by atoms with Gasteiger partial charge >= 0.3 is 5.97 Å². The number of carboxylic acid groups (broad SMARTS) is 1. The van der Waals surface area contributed by atoms with Gasteiger partial charge in [0.1, 0.15) is 11.4 Å². The van der Waals surface area contributed by atoms with Gasteiger partial charge in [0, 0.05) is 35.9 Å². The Balaban J connectivity index is 1.75. The van der Waals surface area contributed by atoms with Crippen molar-refractivity contribution in [1.29, 1.82) is 0 Å². The number of carboxylic acids is 1. The Hall–Kier alpha value is -2.08. The molecule has 1 unspecified atom stereocenters. The summed E-state index contributed by atoms with van der Waals surface area (Å²) in [5.41, 5.74) is 8.12. The molecule has 2 fully saturated rings. The average molecular weight is 413 g/mol. The monoisotopic (exact) mass is 412 g/mol. The molecule has 0 saturated heterocycles. The van der Waals surface area contributed by atoms with Crippen molar-refractivity contribution in [2.24, 2.45) is 28.4 Å². The lowest BCUT2D eigenvalue weighted by Crippen LogP contribution is -2.70. The zero-order valence-electron chi connectivity index (χ0n) is 18.3. The highest BCUT2D eigenvalue weighted by Gasteiger charge is 2.67. The number of fused-ring (bicyclic) bond motifs is 3. The van der Waals surface area contributed by atoms with Gasteiger partial charge in [-0.1, -0.05) is 27.7 Å². The lowest BCUT2D eigenvalue weighted by Gasteiger charge is -2.67. The Morgan fingerprint density at radius 2 is 2.00 bits per heavy atom. The number of nitrogens with two attached hydrogens (primary N) is 1. The predicted molar refractivity (Wildman–Crippen MR) is 113 cm³/mol. The van der Waals surface area contributed by atoms with E-state index in [1.165, 1.54) is 0 Å². The molecule has 0 aromatic heterocycles. The minimum atomic E-state index is -1.06. The summed E-state index contributed by atoms with van der Waals surface area (Å²) < 4.78 is 7.07. The van der Waals surface area contributed by atoms with Gasteiger partial charge in [-0.2, -0.15) is 0 Å². The van der Waals surface area contributed by atoms with E-state index in [1.54, 1.807) is 6.07 Å². The van der Waals surface area contributed by atoms with Gasteiger partial charge in [-0.25, -0.2) is 4.79 Å². The summed E-state index contributed by atoms with van der Waals surface area (Å²) in [6, 6.07) is 1.75. The van der Waals surface area contributed by atoms with Crippen LogP contribution in [0.2, 0.25) is 0 Å². The van der Waals surface area contributed by atoms with Crippen LogP contribution in [0.4, 0.5) is 0 Å². The van der Waals surface area contributed by atoms with Crippen molar-refractivity contribution in [3.8, 4) is 5.75 Å². The molecule has 0 bridgehead atoms. The number of aromatic carboxylic acids is 1. The number of benzene rings is 1. The van der Waals surface area contributed by atoms with Gasteiger partial charge in [0.05, 0.1) is 11.1 Å². The lowest BCUT2D eigenvalue weighted by molar-refractivity contribution is -0.213. The maximum atomic E-state index is 12.5. The molecule has 6 nitrogen and oxygen atoms in total. The summed E-state index contributed by atoms with van der Waals surface area (Å²) in [4.78, 5) is 24.4. The molecular weight excluding hydrogens is 380 g/mol. The second kappa shape index (κ2) is 6.00.